The van der Waals surface area contributed by atoms with Crippen LogP contribution < -0.4 is 5.32 Å². The largest absolute Gasteiger partial charge is 0.480 e. The fourth-order valence-corrected chi connectivity index (χ4v) is 1.79. The van der Waals surface area contributed by atoms with Crippen LogP contribution in [0.3, 0.4) is 0 Å². The van der Waals surface area contributed by atoms with E-state index in [4.69, 9.17) is 5.11 Å². The number of aliphatic carboxylic acids is 1. The Hall–Kier alpha value is -2.37. The van der Waals surface area contributed by atoms with Crippen LogP contribution in [0, 0.1) is 5.92 Å². The lowest BCUT2D eigenvalue weighted by atomic mass is 10.0. The molecule has 0 unspecified atom stereocenters. The van der Waals surface area contributed by atoms with Crippen molar-refractivity contribution in [3.8, 4) is 0 Å². The van der Waals surface area contributed by atoms with Crippen LogP contribution >= 0.6 is 0 Å². The third-order valence-corrected chi connectivity index (χ3v) is 2.87. The number of carbonyl (C=O) groups is 2. The zero-order valence-electron chi connectivity index (χ0n) is 10.7. The van der Waals surface area contributed by atoms with Gasteiger partial charge in [0.2, 0.25) is 0 Å². The number of hydrogen-bond acceptors (Lipinski definition) is 3. The highest BCUT2D eigenvalue weighted by Gasteiger charge is 2.23. The summed E-state index contributed by atoms with van der Waals surface area (Å²) in [6.45, 7) is 3.50. The molecule has 6 heteroatoms. The number of hydrogen-bond donors (Lipinski definition) is 2. The molecule has 2 N–H and O–H groups in total. The van der Waals surface area contributed by atoms with Crippen LogP contribution in [0.4, 0.5) is 0 Å². The molecule has 2 heterocycles. The summed E-state index contributed by atoms with van der Waals surface area (Å²) in [5.41, 5.74) is 1.13. The summed E-state index contributed by atoms with van der Waals surface area (Å²) >= 11 is 0. The van der Waals surface area contributed by atoms with E-state index in [9.17, 15) is 9.59 Å². The molecule has 1 atom stereocenters. The molecular formula is C13H15N3O3. The van der Waals surface area contributed by atoms with Gasteiger partial charge in [-0.3, -0.25) is 4.79 Å². The van der Waals surface area contributed by atoms with Gasteiger partial charge in [-0.05, 0) is 18.1 Å². The Kier molecular flexibility index (Phi) is 3.50. The third-order valence-electron chi connectivity index (χ3n) is 2.87. The van der Waals surface area contributed by atoms with E-state index >= 15 is 0 Å². The van der Waals surface area contributed by atoms with Crippen LogP contribution in [0.5, 0.6) is 0 Å². The maximum atomic E-state index is 12.0. The molecule has 0 fully saturated rings. The van der Waals surface area contributed by atoms with E-state index in [1.165, 1.54) is 0 Å². The van der Waals surface area contributed by atoms with Crippen LogP contribution in [0.15, 0.2) is 30.7 Å². The quantitative estimate of drug-likeness (QED) is 0.865. The lowest BCUT2D eigenvalue weighted by Gasteiger charge is -2.17. The zero-order valence-corrected chi connectivity index (χ0v) is 10.7. The Morgan fingerprint density at radius 1 is 1.37 bits per heavy atom. The Bertz CT molecular complexity index is 618. The molecule has 6 nitrogen and oxygen atoms in total. The lowest BCUT2D eigenvalue weighted by Crippen LogP contribution is -2.44. The van der Waals surface area contributed by atoms with Crippen molar-refractivity contribution < 1.29 is 14.7 Å². The SMILES string of the molecule is CC(C)[C@@H](NC(=O)c1ccc2nccn2c1)C(=O)O. The van der Waals surface area contributed by atoms with Gasteiger partial charge in [0.15, 0.2) is 0 Å². The van der Waals surface area contributed by atoms with Gasteiger partial charge in [-0.2, -0.15) is 0 Å². The first kappa shape index (κ1) is 13.1. The van der Waals surface area contributed by atoms with Crippen LogP contribution in [-0.2, 0) is 4.79 Å². The minimum atomic E-state index is -1.04. The normalized spacial score (nSPS) is 12.6. The fraction of sp³-hybridized carbons (Fsp3) is 0.308. The summed E-state index contributed by atoms with van der Waals surface area (Å²) in [4.78, 5) is 27.1. The summed E-state index contributed by atoms with van der Waals surface area (Å²) in [6, 6.07) is 2.43. The van der Waals surface area contributed by atoms with Gasteiger partial charge in [0.05, 0.1) is 5.56 Å². The van der Waals surface area contributed by atoms with Crippen LogP contribution in [0.25, 0.3) is 5.65 Å². The third kappa shape index (κ3) is 2.73. The zero-order chi connectivity index (χ0) is 14.0. The van der Waals surface area contributed by atoms with Gasteiger partial charge in [-0.25, -0.2) is 9.78 Å². The van der Waals surface area contributed by atoms with Crippen LogP contribution in [-0.4, -0.2) is 32.4 Å². The number of fused-ring (bicyclic) bond motifs is 1. The van der Waals surface area contributed by atoms with Crippen molar-refractivity contribution in [3.05, 3.63) is 36.3 Å². The average molecular weight is 261 g/mol. The second kappa shape index (κ2) is 5.09. The van der Waals surface area contributed by atoms with Crippen LogP contribution in [0.2, 0.25) is 0 Å². The second-order valence-corrected chi connectivity index (χ2v) is 4.64. The van der Waals surface area contributed by atoms with Crippen molar-refractivity contribution in [2.75, 3.05) is 0 Å². The molecule has 0 aliphatic rings. The van der Waals surface area contributed by atoms with Gasteiger partial charge in [0.25, 0.3) is 5.91 Å². The minimum Gasteiger partial charge on any atom is -0.480 e. The predicted molar refractivity (Wildman–Crippen MR) is 68.9 cm³/mol. The van der Waals surface area contributed by atoms with Crippen molar-refractivity contribution in [2.45, 2.75) is 19.9 Å². The number of imidazole rings is 1. The molecule has 0 bridgehead atoms. The highest BCUT2D eigenvalue weighted by molar-refractivity contribution is 5.96. The summed E-state index contributed by atoms with van der Waals surface area (Å²) < 4.78 is 1.71. The Morgan fingerprint density at radius 2 is 2.11 bits per heavy atom. The van der Waals surface area contributed by atoms with Crippen molar-refractivity contribution in [1.29, 1.82) is 0 Å². The van der Waals surface area contributed by atoms with Gasteiger partial charge in [0.1, 0.15) is 11.7 Å². The molecule has 100 valence electrons. The Morgan fingerprint density at radius 3 is 2.74 bits per heavy atom. The molecule has 2 aromatic heterocycles. The molecule has 2 rings (SSSR count). The van der Waals surface area contributed by atoms with Crippen molar-refractivity contribution in [1.82, 2.24) is 14.7 Å². The van der Waals surface area contributed by atoms with E-state index in [2.05, 4.69) is 10.3 Å². The number of carboxylic acid groups (broad SMARTS) is 1. The number of pyridine rings is 1. The number of nitrogens with zero attached hydrogens (tertiary/aromatic N) is 2. The molecule has 1 amide bonds. The summed E-state index contributed by atoms with van der Waals surface area (Å²) in [5, 5.41) is 11.6. The van der Waals surface area contributed by atoms with E-state index in [0.717, 1.165) is 5.65 Å². The molecule has 2 aromatic rings. The molecule has 0 aliphatic carbocycles. The van der Waals surface area contributed by atoms with E-state index in [1.807, 2.05) is 0 Å². The van der Waals surface area contributed by atoms with Gasteiger partial charge in [-0.1, -0.05) is 13.8 Å². The topological polar surface area (TPSA) is 83.7 Å². The highest BCUT2D eigenvalue weighted by atomic mass is 16.4. The minimum absolute atomic E-state index is 0.182. The number of carbonyl (C=O) groups excluding carboxylic acids is 1. The molecule has 0 radical (unpaired) electrons. The molecule has 19 heavy (non-hydrogen) atoms. The number of rotatable bonds is 4. The standard InChI is InChI=1S/C13H15N3O3/c1-8(2)11(13(18)19)15-12(17)9-3-4-10-14-5-6-16(10)7-9/h3-8,11H,1-2H3,(H,15,17)(H,18,19)/t11-/m1/s1. The average Bonchev–Trinajstić information content (AvgIpc) is 2.81. The second-order valence-electron chi connectivity index (χ2n) is 4.64. The highest BCUT2D eigenvalue weighted by Crippen LogP contribution is 2.07. The van der Waals surface area contributed by atoms with Gasteiger partial charge in [0, 0.05) is 18.6 Å². The van der Waals surface area contributed by atoms with Crippen molar-refractivity contribution >= 4 is 17.5 Å². The molecular weight excluding hydrogens is 246 g/mol. The molecule has 0 saturated carbocycles. The van der Waals surface area contributed by atoms with Crippen molar-refractivity contribution in [3.63, 3.8) is 0 Å². The van der Waals surface area contributed by atoms with Crippen LogP contribution in [0.1, 0.15) is 24.2 Å². The fourth-order valence-electron chi connectivity index (χ4n) is 1.79. The smallest absolute Gasteiger partial charge is 0.326 e. The molecule has 0 spiro atoms. The van der Waals surface area contributed by atoms with E-state index in [-0.39, 0.29) is 5.92 Å². The maximum absolute atomic E-state index is 12.0. The summed E-state index contributed by atoms with van der Waals surface area (Å²) in [6.07, 6.45) is 4.98. The maximum Gasteiger partial charge on any atom is 0.326 e. The molecule has 0 saturated heterocycles. The summed E-state index contributed by atoms with van der Waals surface area (Å²) in [5.74, 6) is -1.62. The first-order valence-electron chi connectivity index (χ1n) is 5.95. The predicted octanol–water partition coefficient (Wildman–Crippen LogP) is 1.17. The number of carboxylic acids is 1. The van der Waals surface area contributed by atoms with E-state index in [0.29, 0.717) is 5.56 Å². The Labute approximate surface area is 110 Å². The number of aromatic nitrogens is 2. The lowest BCUT2D eigenvalue weighted by molar-refractivity contribution is -0.140. The van der Waals surface area contributed by atoms with E-state index in [1.54, 1.807) is 49.0 Å². The van der Waals surface area contributed by atoms with Gasteiger partial charge in [-0.15, -0.1) is 0 Å². The number of nitrogens with one attached hydrogen (secondary N) is 1. The number of amides is 1. The van der Waals surface area contributed by atoms with Gasteiger partial charge < -0.3 is 14.8 Å². The summed E-state index contributed by atoms with van der Waals surface area (Å²) in [7, 11) is 0. The van der Waals surface area contributed by atoms with E-state index < -0.39 is 17.9 Å². The molecule has 0 aliphatic heterocycles. The first-order valence-corrected chi connectivity index (χ1v) is 5.95. The van der Waals surface area contributed by atoms with Gasteiger partial charge >= 0.3 is 5.97 Å². The van der Waals surface area contributed by atoms with Crippen molar-refractivity contribution in [2.24, 2.45) is 5.92 Å². The molecule has 0 aromatic carbocycles. The monoisotopic (exact) mass is 261 g/mol. The first-order chi connectivity index (χ1) is 8.99. The Balaban J connectivity index is 2.21.